The second-order valence-corrected chi connectivity index (χ2v) is 8.14. The molecule has 0 aromatic carbocycles. The summed E-state index contributed by atoms with van der Waals surface area (Å²) in [6, 6.07) is 5.96. The Morgan fingerprint density at radius 3 is 2.85 bits per heavy atom. The van der Waals surface area contributed by atoms with Gasteiger partial charge in [0.15, 0.2) is 17.2 Å². The minimum absolute atomic E-state index is 0.206. The van der Waals surface area contributed by atoms with Crippen LogP contribution < -0.4 is 15.0 Å². The molecule has 1 aliphatic heterocycles. The number of ether oxygens (including phenoxy) is 1. The van der Waals surface area contributed by atoms with E-state index in [1.165, 1.54) is 0 Å². The number of carbonyl (C=O) groups is 1. The third-order valence-corrected chi connectivity index (χ3v) is 5.88. The summed E-state index contributed by atoms with van der Waals surface area (Å²) in [4.78, 5) is 28.5. The number of likely N-dealkylation sites (N-methyl/N-ethyl adjacent to an activating group) is 1. The molecule has 5 heterocycles. The number of hydrogen-bond donors (Lipinski definition) is 1. The first-order chi connectivity index (χ1) is 16.0. The minimum Gasteiger partial charge on any atom is -0.488 e. The molecule has 170 valence electrons. The average molecular weight is 447 g/mol. The topological polar surface area (TPSA) is 103 Å². The summed E-state index contributed by atoms with van der Waals surface area (Å²) in [6.45, 7) is 6.18. The van der Waals surface area contributed by atoms with Crippen LogP contribution in [0.3, 0.4) is 0 Å². The fourth-order valence-electron chi connectivity index (χ4n) is 4.21. The van der Waals surface area contributed by atoms with Crippen molar-refractivity contribution in [1.82, 2.24) is 34.6 Å². The van der Waals surface area contributed by atoms with Crippen LogP contribution in [-0.2, 0) is 13.6 Å². The van der Waals surface area contributed by atoms with Crippen molar-refractivity contribution in [2.24, 2.45) is 7.05 Å². The summed E-state index contributed by atoms with van der Waals surface area (Å²) in [5.41, 5.74) is 3.45. The van der Waals surface area contributed by atoms with E-state index in [0.717, 1.165) is 29.4 Å². The fraction of sp³-hybridized carbons (Fsp3) is 0.348. The molecular weight excluding hydrogens is 420 g/mol. The van der Waals surface area contributed by atoms with E-state index < -0.39 is 0 Å². The maximum atomic E-state index is 12.1. The highest BCUT2D eigenvalue weighted by molar-refractivity contribution is 5.96. The number of nitrogens with one attached hydrogen (secondary N) is 1. The van der Waals surface area contributed by atoms with Crippen LogP contribution in [0.2, 0.25) is 0 Å². The Morgan fingerprint density at radius 1 is 1.27 bits per heavy atom. The molecule has 1 aliphatic rings. The van der Waals surface area contributed by atoms with Crippen LogP contribution >= 0.6 is 0 Å². The van der Waals surface area contributed by atoms with Crippen molar-refractivity contribution in [2.45, 2.75) is 26.4 Å². The van der Waals surface area contributed by atoms with Gasteiger partial charge < -0.3 is 19.5 Å². The summed E-state index contributed by atoms with van der Waals surface area (Å²) >= 11 is 0. The summed E-state index contributed by atoms with van der Waals surface area (Å²) in [5.74, 6) is 2.07. The molecule has 10 heteroatoms. The van der Waals surface area contributed by atoms with Gasteiger partial charge in [0.2, 0.25) is 0 Å². The number of hydrogen-bond acceptors (Lipinski definition) is 7. The molecular formula is C23H26N8O2. The van der Waals surface area contributed by atoms with Crippen molar-refractivity contribution in [1.29, 1.82) is 0 Å². The Balaban J connectivity index is 1.64. The number of aryl methyl sites for hydroxylation is 1. The SMILES string of the molecule is CCN1c2ncc(-c3nc4cc(C(=O)NC)cnc4n3Cc3ccn(C)n3)cc2OC[C@H]1C. The largest absolute Gasteiger partial charge is 0.488 e. The van der Waals surface area contributed by atoms with E-state index in [0.29, 0.717) is 35.7 Å². The molecule has 10 nitrogen and oxygen atoms in total. The first-order valence-electron chi connectivity index (χ1n) is 10.9. The molecule has 0 aliphatic carbocycles. The van der Waals surface area contributed by atoms with Crippen molar-refractivity contribution in [3.05, 3.63) is 48.0 Å². The van der Waals surface area contributed by atoms with E-state index in [9.17, 15) is 4.79 Å². The van der Waals surface area contributed by atoms with Gasteiger partial charge in [0.25, 0.3) is 5.91 Å². The number of imidazole rings is 1. The van der Waals surface area contributed by atoms with Crippen molar-refractivity contribution in [2.75, 3.05) is 25.1 Å². The van der Waals surface area contributed by atoms with Gasteiger partial charge in [-0.25, -0.2) is 15.0 Å². The Kier molecular flexibility index (Phi) is 5.20. The Labute approximate surface area is 191 Å². The predicted octanol–water partition coefficient (Wildman–Crippen LogP) is 2.24. The Morgan fingerprint density at radius 2 is 2.12 bits per heavy atom. The van der Waals surface area contributed by atoms with Gasteiger partial charge in [-0.15, -0.1) is 0 Å². The molecule has 5 rings (SSSR count). The zero-order valence-corrected chi connectivity index (χ0v) is 19.1. The lowest BCUT2D eigenvalue weighted by Gasteiger charge is -2.34. The third kappa shape index (κ3) is 3.67. The van der Waals surface area contributed by atoms with Gasteiger partial charge >= 0.3 is 0 Å². The van der Waals surface area contributed by atoms with E-state index in [1.807, 2.05) is 36.1 Å². The number of aromatic nitrogens is 6. The van der Waals surface area contributed by atoms with Gasteiger partial charge in [0.1, 0.15) is 17.9 Å². The van der Waals surface area contributed by atoms with Gasteiger partial charge in [-0.1, -0.05) is 0 Å². The van der Waals surface area contributed by atoms with E-state index in [2.05, 4.69) is 34.1 Å². The maximum Gasteiger partial charge on any atom is 0.252 e. The van der Waals surface area contributed by atoms with E-state index in [-0.39, 0.29) is 11.9 Å². The molecule has 0 saturated carbocycles. The summed E-state index contributed by atoms with van der Waals surface area (Å²) in [7, 11) is 3.48. The summed E-state index contributed by atoms with van der Waals surface area (Å²) in [6.07, 6.45) is 5.29. The van der Waals surface area contributed by atoms with Crippen LogP contribution in [0.25, 0.3) is 22.6 Å². The van der Waals surface area contributed by atoms with Crippen LogP contribution in [-0.4, -0.2) is 61.4 Å². The molecule has 33 heavy (non-hydrogen) atoms. The van der Waals surface area contributed by atoms with Crippen LogP contribution in [0.4, 0.5) is 5.82 Å². The standard InChI is InChI=1S/C23H26N8O2/c1-5-30-14(2)13-33-19-9-15(10-26-22(19)30)20-27-18-8-16(23(32)24-3)11-25-21(18)31(20)12-17-6-7-29(4)28-17/h6-11,14H,5,12-13H2,1-4H3,(H,24,32)/t14-/m1/s1. The smallest absolute Gasteiger partial charge is 0.252 e. The molecule has 0 fully saturated rings. The monoisotopic (exact) mass is 446 g/mol. The molecule has 1 atom stereocenters. The minimum atomic E-state index is -0.206. The Bertz CT molecular complexity index is 1340. The van der Waals surface area contributed by atoms with Gasteiger partial charge in [0.05, 0.1) is 23.8 Å². The zero-order valence-electron chi connectivity index (χ0n) is 19.1. The van der Waals surface area contributed by atoms with Gasteiger partial charge in [0, 0.05) is 44.8 Å². The highest BCUT2D eigenvalue weighted by atomic mass is 16.5. The zero-order chi connectivity index (χ0) is 23.1. The maximum absolute atomic E-state index is 12.1. The van der Waals surface area contributed by atoms with Crippen molar-refractivity contribution in [3.8, 4) is 17.1 Å². The third-order valence-electron chi connectivity index (χ3n) is 5.88. The molecule has 0 radical (unpaired) electrons. The quantitative estimate of drug-likeness (QED) is 0.501. The molecule has 0 bridgehead atoms. The number of amides is 1. The molecule has 0 spiro atoms. The van der Waals surface area contributed by atoms with Crippen LogP contribution in [0.5, 0.6) is 5.75 Å². The lowest BCUT2D eigenvalue weighted by molar-refractivity contribution is 0.0963. The lowest BCUT2D eigenvalue weighted by atomic mass is 10.2. The summed E-state index contributed by atoms with van der Waals surface area (Å²) < 4.78 is 9.77. The number of rotatable bonds is 5. The molecule has 1 amide bonds. The average Bonchev–Trinajstić information content (AvgIpc) is 3.41. The van der Waals surface area contributed by atoms with Crippen LogP contribution in [0.15, 0.2) is 36.8 Å². The number of carbonyl (C=O) groups excluding carboxylic acids is 1. The second kappa shape index (κ2) is 8.19. The molecule has 0 unspecified atom stereocenters. The van der Waals surface area contributed by atoms with Gasteiger partial charge in [-0.3, -0.25) is 9.48 Å². The highest BCUT2D eigenvalue weighted by Crippen LogP contribution is 2.35. The predicted molar refractivity (Wildman–Crippen MR) is 124 cm³/mol. The van der Waals surface area contributed by atoms with Crippen LogP contribution in [0.1, 0.15) is 29.9 Å². The highest BCUT2D eigenvalue weighted by Gasteiger charge is 2.26. The van der Waals surface area contributed by atoms with E-state index >= 15 is 0 Å². The van der Waals surface area contributed by atoms with Gasteiger partial charge in [-0.2, -0.15) is 5.10 Å². The molecule has 0 saturated heterocycles. The van der Waals surface area contributed by atoms with E-state index in [4.69, 9.17) is 14.7 Å². The van der Waals surface area contributed by atoms with Crippen LogP contribution in [0, 0.1) is 0 Å². The van der Waals surface area contributed by atoms with Crippen molar-refractivity contribution >= 4 is 22.9 Å². The second-order valence-electron chi connectivity index (χ2n) is 8.14. The molecule has 4 aromatic heterocycles. The van der Waals surface area contributed by atoms with Crippen molar-refractivity contribution in [3.63, 3.8) is 0 Å². The molecule has 1 N–H and O–H groups in total. The number of fused-ring (bicyclic) bond motifs is 2. The van der Waals surface area contributed by atoms with E-state index in [1.54, 1.807) is 24.0 Å². The first kappa shape index (κ1) is 20.9. The first-order valence-corrected chi connectivity index (χ1v) is 10.9. The number of nitrogens with zero attached hydrogens (tertiary/aromatic N) is 7. The lowest BCUT2D eigenvalue weighted by Crippen LogP contribution is -2.41. The van der Waals surface area contributed by atoms with Gasteiger partial charge in [-0.05, 0) is 32.0 Å². The molecule has 4 aromatic rings. The van der Waals surface area contributed by atoms with Crippen molar-refractivity contribution < 1.29 is 9.53 Å². The normalized spacial score (nSPS) is 15.4. The fourth-order valence-corrected chi connectivity index (χ4v) is 4.21. The Hall–Kier alpha value is -3.95. The summed E-state index contributed by atoms with van der Waals surface area (Å²) in [5, 5.41) is 7.15. The number of pyridine rings is 2. The number of anilines is 1.